The minimum Gasteiger partial charge on any atom is -0.479 e. The van der Waals surface area contributed by atoms with Crippen LogP contribution in [0.3, 0.4) is 0 Å². The number of aliphatic carboxylic acids is 1. The fraction of sp³-hybridized carbons (Fsp3) is 0.357. The quantitative estimate of drug-likeness (QED) is 0.560. The van der Waals surface area contributed by atoms with Crippen molar-refractivity contribution in [1.29, 1.82) is 0 Å². The van der Waals surface area contributed by atoms with Gasteiger partial charge in [-0.05, 0) is 6.07 Å². The molecule has 1 atom stereocenters. The molecule has 2 amide bonds. The number of hydrogen-bond acceptors (Lipinski definition) is 6. The second kappa shape index (κ2) is 7.90. The van der Waals surface area contributed by atoms with Gasteiger partial charge >= 0.3 is 5.97 Å². The molecule has 1 heterocycles. The van der Waals surface area contributed by atoms with E-state index in [0.29, 0.717) is 0 Å². The summed E-state index contributed by atoms with van der Waals surface area (Å²) in [5.74, 6) is -2.58. The number of carbonyl (C=O) groups excluding carboxylic acids is 2. The number of rotatable bonds is 5. The zero-order chi connectivity index (χ0) is 18.6. The first-order chi connectivity index (χ1) is 11.8. The minimum absolute atomic E-state index is 0.0621. The molecule has 1 unspecified atom stereocenters. The van der Waals surface area contributed by atoms with Gasteiger partial charge in [0.15, 0.2) is 6.10 Å². The average molecular weight is 372 g/mol. The number of nitro benzene ring substituents is 1. The predicted octanol–water partition coefficient (Wildman–Crippen LogP) is 0.290. The summed E-state index contributed by atoms with van der Waals surface area (Å²) in [6.45, 7) is -0.346. The maximum absolute atomic E-state index is 12.2. The van der Waals surface area contributed by atoms with Crippen LogP contribution in [0.2, 0.25) is 5.02 Å². The molecule has 1 aliphatic heterocycles. The number of benzene rings is 1. The highest BCUT2D eigenvalue weighted by molar-refractivity contribution is 6.34. The lowest BCUT2D eigenvalue weighted by Gasteiger charge is -2.30. The predicted molar refractivity (Wildman–Crippen MR) is 84.4 cm³/mol. The Hall–Kier alpha value is -2.72. The fourth-order valence-electron chi connectivity index (χ4n) is 2.27. The molecule has 1 aromatic carbocycles. The molecule has 134 valence electrons. The van der Waals surface area contributed by atoms with Crippen LogP contribution in [-0.4, -0.2) is 65.1 Å². The van der Waals surface area contributed by atoms with Gasteiger partial charge < -0.3 is 20.1 Å². The number of nitrogens with zero attached hydrogens (tertiary/aromatic N) is 2. The zero-order valence-corrected chi connectivity index (χ0v) is 13.6. The second-order valence-corrected chi connectivity index (χ2v) is 5.52. The van der Waals surface area contributed by atoms with E-state index in [4.69, 9.17) is 21.4 Å². The largest absolute Gasteiger partial charge is 0.479 e. The number of carbonyl (C=O) groups is 3. The average Bonchev–Trinajstić information content (AvgIpc) is 2.59. The maximum Gasteiger partial charge on any atom is 0.334 e. The van der Waals surface area contributed by atoms with Crippen LogP contribution >= 0.6 is 11.6 Å². The Morgan fingerprint density at radius 2 is 2.16 bits per heavy atom. The van der Waals surface area contributed by atoms with Crippen LogP contribution in [0, 0.1) is 10.1 Å². The van der Waals surface area contributed by atoms with E-state index in [1.54, 1.807) is 0 Å². The van der Waals surface area contributed by atoms with Gasteiger partial charge in [0.25, 0.3) is 11.6 Å². The lowest BCUT2D eigenvalue weighted by Crippen LogP contribution is -2.51. The summed E-state index contributed by atoms with van der Waals surface area (Å²) in [5.41, 5.74) is -0.817. The van der Waals surface area contributed by atoms with E-state index in [1.807, 2.05) is 0 Å². The van der Waals surface area contributed by atoms with Crippen molar-refractivity contribution >= 4 is 35.1 Å². The van der Waals surface area contributed by atoms with E-state index >= 15 is 0 Å². The first-order valence-electron chi connectivity index (χ1n) is 7.14. The van der Waals surface area contributed by atoms with Crippen LogP contribution in [0.5, 0.6) is 0 Å². The molecule has 0 saturated carbocycles. The van der Waals surface area contributed by atoms with E-state index in [2.05, 4.69) is 5.32 Å². The van der Waals surface area contributed by atoms with Crippen LogP contribution in [0.4, 0.5) is 5.69 Å². The van der Waals surface area contributed by atoms with E-state index in [-0.39, 0.29) is 30.3 Å². The van der Waals surface area contributed by atoms with Gasteiger partial charge in [0.2, 0.25) is 5.91 Å². The van der Waals surface area contributed by atoms with Crippen LogP contribution < -0.4 is 5.32 Å². The summed E-state index contributed by atoms with van der Waals surface area (Å²) in [5, 5.41) is 22.0. The summed E-state index contributed by atoms with van der Waals surface area (Å²) in [7, 11) is 0. The number of nitro groups is 1. The number of carboxylic acids is 1. The highest BCUT2D eigenvalue weighted by Crippen LogP contribution is 2.25. The zero-order valence-electron chi connectivity index (χ0n) is 12.8. The van der Waals surface area contributed by atoms with Gasteiger partial charge in [0, 0.05) is 12.6 Å². The molecule has 25 heavy (non-hydrogen) atoms. The Morgan fingerprint density at radius 3 is 2.80 bits per heavy atom. The molecule has 10 nitrogen and oxygen atoms in total. The third-order valence-corrected chi connectivity index (χ3v) is 3.83. The van der Waals surface area contributed by atoms with E-state index < -0.39 is 41.0 Å². The van der Waals surface area contributed by atoms with Gasteiger partial charge in [-0.1, -0.05) is 17.7 Å². The molecule has 1 aliphatic rings. The molecule has 11 heteroatoms. The molecule has 1 aromatic rings. The molecule has 2 N–H and O–H groups in total. The summed E-state index contributed by atoms with van der Waals surface area (Å²) in [6, 6.07) is 3.79. The van der Waals surface area contributed by atoms with Crippen molar-refractivity contribution in [2.75, 3.05) is 26.2 Å². The van der Waals surface area contributed by atoms with Crippen molar-refractivity contribution in [3.05, 3.63) is 38.9 Å². The SMILES string of the molecule is O=C(NCC(=O)N1CCOC(C(=O)O)C1)c1c(Cl)cccc1[N+](=O)[O-]. The lowest BCUT2D eigenvalue weighted by molar-refractivity contribution is -0.385. The Kier molecular flexibility index (Phi) is 5.88. The first-order valence-corrected chi connectivity index (χ1v) is 7.52. The topological polar surface area (TPSA) is 139 Å². The van der Waals surface area contributed by atoms with Gasteiger partial charge in [-0.25, -0.2) is 4.79 Å². The summed E-state index contributed by atoms with van der Waals surface area (Å²) in [6.07, 6.45) is -1.13. The number of carboxylic acid groups (broad SMARTS) is 1. The number of ether oxygens (including phenoxy) is 1. The van der Waals surface area contributed by atoms with Gasteiger partial charge in [-0.2, -0.15) is 0 Å². The lowest BCUT2D eigenvalue weighted by atomic mass is 10.1. The number of halogens is 1. The number of amides is 2. The van der Waals surface area contributed by atoms with Gasteiger partial charge in [-0.15, -0.1) is 0 Å². The molecule has 0 radical (unpaired) electrons. The molecular formula is C14H14ClN3O7. The molecule has 1 saturated heterocycles. The third-order valence-electron chi connectivity index (χ3n) is 3.51. The van der Waals surface area contributed by atoms with Gasteiger partial charge in [0.1, 0.15) is 5.56 Å². The van der Waals surface area contributed by atoms with E-state index in [9.17, 15) is 24.5 Å². The van der Waals surface area contributed by atoms with Crippen molar-refractivity contribution in [3.8, 4) is 0 Å². The first kappa shape index (κ1) is 18.6. The highest BCUT2D eigenvalue weighted by atomic mass is 35.5. The molecule has 1 fully saturated rings. The smallest absolute Gasteiger partial charge is 0.334 e. The molecule has 0 aromatic heterocycles. The molecular weight excluding hydrogens is 358 g/mol. The van der Waals surface area contributed by atoms with Crippen LogP contribution in [0.15, 0.2) is 18.2 Å². The van der Waals surface area contributed by atoms with Crippen molar-refractivity contribution in [1.82, 2.24) is 10.2 Å². The minimum atomic E-state index is -1.19. The molecule has 0 bridgehead atoms. The Labute approximate surface area is 146 Å². The van der Waals surface area contributed by atoms with Crippen LogP contribution in [0.1, 0.15) is 10.4 Å². The Balaban J connectivity index is 2.02. The van der Waals surface area contributed by atoms with Gasteiger partial charge in [-0.3, -0.25) is 19.7 Å². The molecule has 2 rings (SSSR count). The van der Waals surface area contributed by atoms with Crippen molar-refractivity contribution in [2.24, 2.45) is 0 Å². The number of morpholine rings is 1. The molecule has 0 spiro atoms. The van der Waals surface area contributed by atoms with Crippen LogP contribution in [0.25, 0.3) is 0 Å². The Morgan fingerprint density at radius 1 is 1.44 bits per heavy atom. The summed E-state index contributed by atoms with van der Waals surface area (Å²) < 4.78 is 5.00. The molecule has 0 aliphatic carbocycles. The third kappa shape index (κ3) is 4.43. The van der Waals surface area contributed by atoms with Crippen molar-refractivity contribution in [3.63, 3.8) is 0 Å². The van der Waals surface area contributed by atoms with Gasteiger partial charge in [0.05, 0.1) is 29.6 Å². The standard InChI is InChI=1S/C14H14ClN3O7/c15-8-2-1-3-9(18(23)24)12(8)13(20)16-6-11(19)17-4-5-25-10(7-17)14(21)22/h1-3,10H,4-7H2,(H,16,20)(H,21,22). The van der Waals surface area contributed by atoms with E-state index in [1.165, 1.54) is 17.0 Å². The van der Waals surface area contributed by atoms with E-state index in [0.717, 1.165) is 6.07 Å². The van der Waals surface area contributed by atoms with Crippen molar-refractivity contribution < 1.29 is 29.2 Å². The number of nitrogens with one attached hydrogen (secondary N) is 1. The summed E-state index contributed by atoms with van der Waals surface area (Å²) in [4.78, 5) is 46.6. The summed E-state index contributed by atoms with van der Waals surface area (Å²) >= 11 is 5.84. The Bertz CT molecular complexity index is 724. The fourth-order valence-corrected chi connectivity index (χ4v) is 2.53. The highest BCUT2D eigenvalue weighted by Gasteiger charge is 2.29. The van der Waals surface area contributed by atoms with Crippen LogP contribution in [-0.2, 0) is 14.3 Å². The number of hydrogen-bond donors (Lipinski definition) is 2. The maximum atomic E-state index is 12.2. The monoisotopic (exact) mass is 371 g/mol. The second-order valence-electron chi connectivity index (χ2n) is 5.11. The normalized spacial score (nSPS) is 17.0. The van der Waals surface area contributed by atoms with Crippen molar-refractivity contribution in [2.45, 2.75) is 6.10 Å².